The number of carbonyl (C=O) groups excluding carboxylic acids is 2. The van der Waals surface area contributed by atoms with E-state index in [-0.39, 0.29) is 17.3 Å². The first-order chi connectivity index (χ1) is 12.6. The van der Waals surface area contributed by atoms with Gasteiger partial charge in [-0.25, -0.2) is 9.37 Å². The van der Waals surface area contributed by atoms with E-state index in [9.17, 15) is 19.1 Å². The summed E-state index contributed by atoms with van der Waals surface area (Å²) < 4.78 is 13.8. The van der Waals surface area contributed by atoms with Gasteiger partial charge in [0, 0.05) is 17.4 Å². The molecule has 1 heterocycles. The molecular formula is C18H20ClFN4O3. The van der Waals surface area contributed by atoms with Crippen molar-refractivity contribution in [2.75, 3.05) is 11.9 Å². The first-order valence-corrected chi connectivity index (χ1v) is 8.43. The van der Waals surface area contributed by atoms with Crippen LogP contribution in [0.4, 0.5) is 15.8 Å². The number of alkyl halides is 1. The van der Waals surface area contributed by atoms with E-state index in [0.717, 1.165) is 0 Å². The number of aliphatic hydroxyl groups is 1. The van der Waals surface area contributed by atoms with Gasteiger partial charge in [-0.1, -0.05) is 11.6 Å². The first-order valence-electron chi connectivity index (χ1n) is 8.05. The molecule has 0 saturated carbocycles. The Morgan fingerprint density at radius 1 is 1.33 bits per heavy atom. The molecule has 9 heteroatoms. The smallest absolute Gasteiger partial charge is 0.255 e. The lowest BCUT2D eigenvalue weighted by molar-refractivity contribution is -0.00177. The average Bonchev–Trinajstić information content (AvgIpc) is 2.59. The maximum Gasteiger partial charge on any atom is 0.255 e. The summed E-state index contributed by atoms with van der Waals surface area (Å²) in [6, 6.07) is 7.74. The van der Waals surface area contributed by atoms with E-state index in [1.165, 1.54) is 38.2 Å². The van der Waals surface area contributed by atoms with Crippen LogP contribution >= 0.6 is 11.6 Å². The minimum Gasteiger partial charge on any atom is -0.387 e. The highest BCUT2D eigenvalue weighted by Crippen LogP contribution is 2.24. The molecule has 0 radical (unpaired) electrons. The molecule has 27 heavy (non-hydrogen) atoms. The number of amides is 2. The molecule has 0 aliphatic heterocycles. The maximum atomic E-state index is 13.8. The zero-order valence-corrected chi connectivity index (χ0v) is 15.5. The summed E-state index contributed by atoms with van der Waals surface area (Å²) in [6.07, 6.45) is -0.380. The molecule has 0 aliphatic rings. The third-order valence-electron chi connectivity index (χ3n) is 3.77. The molecule has 0 fully saturated rings. The number of primary amides is 1. The van der Waals surface area contributed by atoms with Crippen LogP contribution in [-0.2, 0) is 0 Å². The number of hydrogen-bond donors (Lipinski definition) is 4. The summed E-state index contributed by atoms with van der Waals surface area (Å²) in [5.74, 6) is -1.14. The molecule has 2 aromatic rings. The molecule has 1 aromatic carbocycles. The van der Waals surface area contributed by atoms with Crippen molar-refractivity contribution in [3.8, 4) is 0 Å². The quantitative estimate of drug-likeness (QED) is 0.538. The SMILES string of the molecule is CC(C)(O)[C@H](F)CNC(=O)c1cnc(Cl)cc1Nc1ccc(C(N)=O)cc1. The number of nitrogens with two attached hydrogens (primary N) is 1. The largest absolute Gasteiger partial charge is 0.387 e. The van der Waals surface area contributed by atoms with Crippen molar-refractivity contribution in [2.45, 2.75) is 25.6 Å². The fourth-order valence-corrected chi connectivity index (χ4v) is 2.27. The maximum absolute atomic E-state index is 13.8. The molecule has 1 atom stereocenters. The van der Waals surface area contributed by atoms with Gasteiger partial charge in [0.05, 0.1) is 23.4 Å². The Balaban J connectivity index is 2.18. The van der Waals surface area contributed by atoms with Crippen LogP contribution in [0.1, 0.15) is 34.6 Å². The first kappa shape index (κ1) is 20.6. The Morgan fingerprint density at radius 2 is 1.96 bits per heavy atom. The number of nitrogens with zero attached hydrogens (tertiary/aromatic N) is 1. The topological polar surface area (TPSA) is 117 Å². The van der Waals surface area contributed by atoms with E-state index in [4.69, 9.17) is 17.3 Å². The number of aromatic nitrogens is 1. The van der Waals surface area contributed by atoms with E-state index in [2.05, 4.69) is 15.6 Å². The van der Waals surface area contributed by atoms with Crippen molar-refractivity contribution in [3.05, 3.63) is 52.8 Å². The Hall–Kier alpha value is -2.71. The number of hydrogen-bond acceptors (Lipinski definition) is 5. The normalized spacial score (nSPS) is 12.3. The van der Waals surface area contributed by atoms with Crippen LogP contribution in [0.15, 0.2) is 36.5 Å². The van der Waals surface area contributed by atoms with E-state index in [0.29, 0.717) is 16.9 Å². The van der Waals surface area contributed by atoms with Crippen LogP contribution in [0, 0.1) is 0 Å². The molecule has 0 saturated heterocycles. The highest BCUT2D eigenvalue weighted by Gasteiger charge is 2.27. The predicted octanol–water partition coefficient (Wildman–Crippen LogP) is 2.42. The van der Waals surface area contributed by atoms with Crippen LogP contribution in [0.5, 0.6) is 0 Å². The van der Waals surface area contributed by atoms with Gasteiger partial charge in [0.2, 0.25) is 5.91 Å². The zero-order chi connectivity index (χ0) is 20.2. The Labute approximate surface area is 160 Å². The van der Waals surface area contributed by atoms with Gasteiger partial charge in [0.25, 0.3) is 5.91 Å². The average molecular weight is 395 g/mol. The summed E-state index contributed by atoms with van der Waals surface area (Å²) in [4.78, 5) is 27.4. The van der Waals surface area contributed by atoms with Crippen molar-refractivity contribution in [3.63, 3.8) is 0 Å². The monoisotopic (exact) mass is 394 g/mol. The van der Waals surface area contributed by atoms with Crippen molar-refractivity contribution in [1.29, 1.82) is 0 Å². The Kier molecular flexibility index (Phi) is 6.35. The molecule has 1 aromatic heterocycles. The zero-order valence-electron chi connectivity index (χ0n) is 14.8. The summed E-state index contributed by atoms with van der Waals surface area (Å²) in [7, 11) is 0. The van der Waals surface area contributed by atoms with Gasteiger partial charge in [0.1, 0.15) is 11.3 Å². The second-order valence-corrected chi connectivity index (χ2v) is 6.84. The van der Waals surface area contributed by atoms with Gasteiger partial charge < -0.3 is 21.5 Å². The van der Waals surface area contributed by atoms with Gasteiger partial charge in [-0.2, -0.15) is 0 Å². The van der Waals surface area contributed by atoms with Crippen molar-refractivity contribution in [2.24, 2.45) is 5.73 Å². The second-order valence-electron chi connectivity index (χ2n) is 6.45. The van der Waals surface area contributed by atoms with Crippen LogP contribution in [0.3, 0.4) is 0 Å². The molecule has 5 N–H and O–H groups in total. The summed E-state index contributed by atoms with van der Waals surface area (Å²) in [5, 5.41) is 15.2. The fraction of sp³-hybridized carbons (Fsp3) is 0.278. The minimum atomic E-state index is -1.64. The molecule has 0 aliphatic carbocycles. The minimum absolute atomic E-state index is 0.140. The second kappa shape index (κ2) is 8.32. The van der Waals surface area contributed by atoms with E-state index >= 15 is 0 Å². The fourth-order valence-electron chi connectivity index (χ4n) is 2.11. The Bertz CT molecular complexity index is 837. The molecule has 2 rings (SSSR count). The van der Waals surface area contributed by atoms with E-state index in [1.54, 1.807) is 12.1 Å². The van der Waals surface area contributed by atoms with Gasteiger partial charge in [-0.05, 0) is 44.2 Å². The lowest BCUT2D eigenvalue weighted by Gasteiger charge is -2.22. The number of benzene rings is 1. The van der Waals surface area contributed by atoms with Crippen LogP contribution in [-0.4, -0.2) is 40.2 Å². The standard InChI is InChI=1S/C18H20ClFN4O3/c1-18(2,27)14(20)9-23-17(26)12-8-22-15(19)7-13(12)24-11-5-3-10(4-6-11)16(21)25/h3-8,14,27H,9H2,1-2H3,(H2,21,25)(H,22,24)(H,23,26)/t14-/m1/s1. The molecule has 0 spiro atoms. The number of pyridine rings is 1. The van der Waals surface area contributed by atoms with Gasteiger partial charge in [0.15, 0.2) is 0 Å². The van der Waals surface area contributed by atoms with E-state index < -0.39 is 23.6 Å². The van der Waals surface area contributed by atoms with Gasteiger partial charge in [-0.3, -0.25) is 9.59 Å². The molecule has 7 nitrogen and oxygen atoms in total. The van der Waals surface area contributed by atoms with E-state index in [1.807, 2.05) is 0 Å². The molecule has 0 unspecified atom stereocenters. The highest BCUT2D eigenvalue weighted by molar-refractivity contribution is 6.29. The molecule has 0 bridgehead atoms. The third kappa shape index (κ3) is 5.63. The lowest BCUT2D eigenvalue weighted by Crippen LogP contribution is -2.42. The number of nitrogens with one attached hydrogen (secondary N) is 2. The Morgan fingerprint density at radius 3 is 2.52 bits per heavy atom. The summed E-state index contributed by atoms with van der Waals surface area (Å²) >= 11 is 5.90. The predicted molar refractivity (Wildman–Crippen MR) is 101 cm³/mol. The van der Waals surface area contributed by atoms with Crippen molar-refractivity contribution in [1.82, 2.24) is 10.3 Å². The summed E-state index contributed by atoms with van der Waals surface area (Å²) in [6.45, 7) is 2.27. The third-order valence-corrected chi connectivity index (χ3v) is 3.98. The van der Waals surface area contributed by atoms with Gasteiger partial charge in [-0.15, -0.1) is 0 Å². The molecule has 144 valence electrons. The number of carbonyl (C=O) groups is 2. The van der Waals surface area contributed by atoms with Crippen molar-refractivity contribution >= 4 is 34.8 Å². The van der Waals surface area contributed by atoms with Gasteiger partial charge >= 0.3 is 0 Å². The van der Waals surface area contributed by atoms with Crippen LogP contribution < -0.4 is 16.4 Å². The molecule has 2 amide bonds. The highest BCUT2D eigenvalue weighted by atomic mass is 35.5. The molecular weight excluding hydrogens is 375 g/mol. The number of halogens is 2. The summed E-state index contributed by atoms with van der Waals surface area (Å²) in [5.41, 5.74) is 5.03. The number of rotatable bonds is 7. The van der Waals surface area contributed by atoms with Crippen molar-refractivity contribution < 1.29 is 19.1 Å². The number of anilines is 2. The van der Waals surface area contributed by atoms with Crippen LogP contribution in [0.25, 0.3) is 0 Å². The van der Waals surface area contributed by atoms with Crippen LogP contribution in [0.2, 0.25) is 5.15 Å². The lowest BCUT2D eigenvalue weighted by atomic mass is 10.0.